The highest BCUT2D eigenvalue weighted by atomic mass is 32.2. The van der Waals surface area contributed by atoms with Crippen molar-refractivity contribution in [1.29, 1.82) is 0 Å². The molecule has 1 N–H and O–H groups in total. The second-order valence-electron chi connectivity index (χ2n) is 7.81. The molecule has 0 aliphatic carbocycles. The predicted molar refractivity (Wildman–Crippen MR) is 121 cm³/mol. The molecule has 0 unspecified atom stereocenters. The molecule has 0 atom stereocenters. The standard InChI is InChI=1S/C22H28N2O6S/c1-22(2,3)24(20(25)26)18-12-9-16(13-19(18)29-14-28-6)30-15-7-10-17(11-8-15)31-21(27)23(4)5/h7-13H,14H2,1-6H3,(H,25,26). The highest BCUT2D eigenvalue weighted by Gasteiger charge is 2.30. The lowest BCUT2D eigenvalue weighted by Gasteiger charge is -2.34. The van der Waals surface area contributed by atoms with E-state index in [0.29, 0.717) is 22.9 Å². The molecule has 0 bridgehead atoms. The fourth-order valence-corrected chi connectivity index (χ4v) is 3.29. The number of benzene rings is 2. The van der Waals surface area contributed by atoms with Crippen molar-refractivity contribution in [3.05, 3.63) is 42.5 Å². The van der Waals surface area contributed by atoms with Crippen molar-refractivity contribution in [3.63, 3.8) is 0 Å². The summed E-state index contributed by atoms with van der Waals surface area (Å²) in [7, 11) is 4.88. The highest BCUT2D eigenvalue weighted by molar-refractivity contribution is 8.13. The number of nitrogens with zero attached hydrogens (tertiary/aromatic N) is 2. The van der Waals surface area contributed by atoms with Gasteiger partial charge in [0.25, 0.3) is 5.24 Å². The van der Waals surface area contributed by atoms with Gasteiger partial charge in [-0.1, -0.05) is 0 Å². The zero-order valence-corrected chi connectivity index (χ0v) is 19.4. The molecule has 2 amide bonds. The first-order valence-corrected chi connectivity index (χ1v) is 10.3. The van der Waals surface area contributed by atoms with Gasteiger partial charge in [0.05, 0.1) is 5.69 Å². The number of hydrogen-bond donors (Lipinski definition) is 1. The number of carbonyl (C=O) groups is 2. The number of amides is 2. The van der Waals surface area contributed by atoms with Crippen LogP contribution in [0.1, 0.15) is 20.8 Å². The summed E-state index contributed by atoms with van der Waals surface area (Å²) in [5, 5.41) is 9.65. The Balaban J connectivity index is 2.27. The van der Waals surface area contributed by atoms with Crippen molar-refractivity contribution < 1.29 is 28.9 Å². The normalized spacial score (nSPS) is 11.0. The Morgan fingerprint density at radius 1 is 1.03 bits per heavy atom. The summed E-state index contributed by atoms with van der Waals surface area (Å²) < 4.78 is 16.5. The third-order valence-electron chi connectivity index (χ3n) is 4.00. The molecule has 0 aliphatic heterocycles. The number of anilines is 1. The van der Waals surface area contributed by atoms with E-state index in [-0.39, 0.29) is 12.0 Å². The lowest BCUT2D eigenvalue weighted by Crippen LogP contribution is -2.45. The Labute approximate surface area is 186 Å². The molecular formula is C22H28N2O6S. The van der Waals surface area contributed by atoms with Gasteiger partial charge in [-0.2, -0.15) is 0 Å². The zero-order valence-electron chi connectivity index (χ0n) is 18.5. The molecule has 0 radical (unpaired) electrons. The van der Waals surface area contributed by atoms with Gasteiger partial charge in [-0.25, -0.2) is 4.79 Å². The maximum absolute atomic E-state index is 11.9. The summed E-state index contributed by atoms with van der Waals surface area (Å²) in [5.41, 5.74) is -0.296. The van der Waals surface area contributed by atoms with E-state index in [4.69, 9.17) is 14.2 Å². The second kappa shape index (κ2) is 10.4. The third-order valence-corrected chi connectivity index (χ3v) is 5.04. The monoisotopic (exact) mass is 448 g/mol. The third kappa shape index (κ3) is 6.80. The van der Waals surface area contributed by atoms with Gasteiger partial charge >= 0.3 is 6.09 Å². The van der Waals surface area contributed by atoms with Crippen LogP contribution in [0.15, 0.2) is 47.4 Å². The van der Waals surface area contributed by atoms with Crippen LogP contribution in [0.3, 0.4) is 0 Å². The van der Waals surface area contributed by atoms with Gasteiger partial charge in [0, 0.05) is 37.7 Å². The van der Waals surface area contributed by atoms with Gasteiger partial charge < -0.3 is 24.2 Å². The van der Waals surface area contributed by atoms with E-state index < -0.39 is 11.6 Å². The van der Waals surface area contributed by atoms with Crippen LogP contribution >= 0.6 is 11.8 Å². The molecule has 2 aromatic rings. The Kier molecular flexibility index (Phi) is 8.18. The van der Waals surface area contributed by atoms with Crippen LogP contribution in [0.2, 0.25) is 0 Å². The number of carbonyl (C=O) groups excluding carboxylic acids is 1. The smallest absolute Gasteiger partial charge is 0.412 e. The molecule has 0 fully saturated rings. The molecular weight excluding hydrogens is 420 g/mol. The summed E-state index contributed by atoms with van der Waals surface area (Å²) in [4.78, 5) is 27.2. The van der Waals surface area contributed by atoms with Crippen LogP contribution in [-0.2, 0) is 4.74 Å². The van der Waals surface area contributed by atoms with Crippen LogP contribution in [0.4, 0.5) is 15.3 Å². The number of hydrogen-bond acceptors (Lipinski definition) is 6. The van der Waals surface area contributed by atoms with E-state index >= 15 is 0 Å². The Morgan fingerprint density at radius 2 is 1.65 bits per heavy atom. The van der Waals surface area contributed by atoms with E-state index in [1.807, 2.05) is 0 Å². The number of carboxylic acid groups (broad SMARTS) is 1. The molecule has 0 heterocycles. The fraction of sp³-hybridized carbons (Fsp3) is 0.364. The van der Waals surface area contributed by atoms with Crippen LogP contribution < -0.4 is 14.4 Å². The Bertz CT molecular complexity index is 909. The van der Waals surface area contributed by atoms with E-state index in [1.165, 1.54) is 16.9 Å². The lowest BCUT2D eigenvalue weighted by atomic mass is 10.1. The Morgan fingerprint density at radius 3 is 2.16 bits per heavy atom. The minimum Gasteiger partial charge on any atom is -0.465 e. The molecule has 0 saturated heterocycles. The molecule has 2 rings (SSSR count). The van der Waals surface area contributed by atoms with Crippen molar-refractivity contribution in [2.45, 2.75) is 31.2 Å². The molecule has 168 valence electrons. The SMILES string of the molecule is COCOc1cc(Oc2ccc(SC(=O)N(C)C)cc2)ccc1N(C(=O)O)C(C)(C)C. The maximum Gasteiger partial charge on any atom is 0.412 e. The Hall–Kier alpha value is -2.91. The van der Waals surface area contributed by atoms with Crippen LogP contribution in [0.25, 0.3) is 0 Å². The quantitative estimate of drug-likeness (QED) is 0.441. The number of methoxy groups -OCH3 is 1. The van der Waals surface area contributed by atoms with Crippen molar-refractivity contribution in [1.82, 2.24) is 4.90 Å². The molecule has 8 nitrogen and oxygen atoms in total. The van der Waals surface area contributed by atoms with Gasteiger partial charge in [0.2, 0.25) is 0 Å². The summed E-state index contributed by atoms with van der Waals surface area (Å²) in [6.45, 7) is 5.35. The van der Waals surface area contributed by atoms with Gasteiger partial charge in [-0.05, 0) is 68.9 Å². The predicted octanol–water partition coefficient (Wildman–Crippen LogP) is 5.52. The van der Waals surface area contributed by atoms with Crippen LogP contribution in [0, 0.1) is 0 Å². The van der Waals surface area contributed by atoms with Crippen LogP contribution in [0.5, 0.6) is 17.2 Å². The minimum atomic E-state index is -1.09. The van der Waals surface area contributed by atoms with Gasteiger partial charge in [-0.3, -0.25) is 9.69 Å². The summed E-state index contributed by atoms with van der Waals surface area (Å²) in [6, 6.07) is 12.0. The first-order chi connectivity index (χ1) is 14.5. The number of thioether (sulfide) groups is 1. The van der Waals surface area contributed by atoms with E-state index in [0.717, 1.165) is 16.7 Å². The summed E-state index contributed by atoms with van der Waals surface area (Å²) in [5.74, 6) is 1.36. The zero-order chi connectivity index (χ0) is 23.2. The largest absolute Gasteiger partial charge is 0.465 e. The number of ether oxygens (including phenoxy) is 3. The second-order valence-corrected chi connectivity index (χ2v) is 8.83. The summed E-state index contributed by atoms with van der Waals surface area (Å²) >= 11 is 1.12. The molecule has 0 aliphatic rings. The molecule has 2 aromatic carbocycles. The molecule has 9 heteroatoms. The van der Waals surface area contributed by atoms with Gasteiger partial charge in [-0.15, -0.1) is 0 Å². The van der Waals surface area contributed by atoms with Crippen molar-refractivity contribution in [2.75, 3.05) is 32.9 Å². The van der Waals surface area contributed by atoms with Crippen molar-refractivity contribution >= 4 is 28.8 Å². The maximum atomic E-state index is 11.9. The number of rotatable bonds is 7. The summed E-state index contributed by atoms with van der Waals surface area (Å²) in [6.07, 6.45) is -1.09. The van der Waals surface area contributed by atoms with E-state index in [9.17, 15) is 14.7 Å². The molecule has 31 heavy (non-hydrogen) atoms. The minimum absolute atomic E-state index is 0.0418. The highest BCUT2D eigenvalue weighted by Crippen LogP contribution is 2.37. The fourth-order valence-electron chi connectivity index (χ4n) is 2.64. The van der Waals surface area contributed by atoms with Gasteiger partial charge in [0.15, 0.2) is 6.79 Å². The molecule has 0 aromatic heterocycles. The van der Waals surface area contributed by atoms with E-state index in [2.05, 4.69) is 0 Å². The average Bonchev–Trinajstić information content (AvgIpc) is 2.68. The lowest BCUT2D eigenvalue weighted by molar-refractivity contribution is 0.0511. The topological polar surface area (TPSA) is 88.5 Å². The first kappa shape index (κ1) is 24.4. The molecule has 0 spiro atoms. The van der Waals surface area contributed by atoms with Crippen molar-refractivity contribution in [2.24, 2.45) is 0 Å². The van der Waals surface area contributed by atoms with E-state index in [1.54, 1.807) is 77.3 Å². The van der Waals surface area contributed by atoms with Gasteiger partial charge in [0.1, 0.15) is 17.2 Å². The van der Waals surface area contributed by atoms with Crippen molar-refractivity contribution in [3.8, 4) is 17.2 Å². The average molecular weight is 449 g/mol. The van der Waals surface area contributed by atoms with Crippen LogP contribution in [-0.4, -0.2) is 54.9 Å². The first-order valence-electron chi connectivity index (χ1n) is 9.49. The molecule has 0 saturated carbocycles.